The fraction of sp³-hybridized carbons (Fsp3) is 0.615. The molecule has 0 fully saturated rings. The minimum Gasteiger partial charge on any atom is -0.389 e. The van der Waals surface area contributed by atoms with Gasteiger partial charge in [0.05, 0.1) is 5.60 Å². The van der Waals surface area contributed by atoms with Gasteiger partial charge in [-0.2, -0.15) is 0 Å². The first-order valence-electron chi connectivity index (χ1n) is 6.02. The Balaban J connectivity index is 2.61. The summed E-state index contributed by atoms with van der Waals surface area (Å²) in [7, 11) is 1.86. The average molecular weight is 237 g/mol. The highest BCUT2D eigenvalue weighted by Gasteiger charge is 2.17. The van der Waals surface area contributed by atoms with E-state index in [1.165, 1.54) is 0 Å². The first kappa shape index (κ1) is 13.9. The first-order valence-corrected chi connectivity index (χ1v) is 6.02. The Morgan fingerprint density at radius 3 is 2.53 bits per heavy atom. The third-order valence-electron chi connectivity index (χ3n) is 2.54. The van der Waals surface area contributed by atoms with Crippen LogP contribution in [0.1, 0.15) is 26.3 Å². The second-order valence-corrected chi connectivity index (χ2v) is 4.92. The van der Waals surface area contributed by atoms with Crippen molar-refractivity contribution in [1.82, 2.24) is 9.88 Å². The number of rotatable bonds is 6. The monoisotopic (exact) mass is 237 g/mol. The van der Waals surface area contributed by atoms with Crippen LogP contribution < -0.4 is 5.32 Å². The number of pyridine rings is 1. The van der Waals surface area contributed by atoms with Gasteiger partial charge in [0.1, 0.15) is 5.82 Å². The molecular formula is C13H23N3O. The number of hydrogen-bond acceptors (Lipinski definition) is 4. The fourth-order valence-electron chi connectivity index (χ4n) is 1.75. The molecule has 0 saturated carbocycles. The van der Waals surface area contributed by atoms with E-state index in [1.807, 2.05) is 33.2 Å². The molecule has 0 aromatic carbocycles. The largest absolute Gasteiger partial charge is 0.389 e. The highest BCUT2D eigenvalue weighted by Crippen LogP contribution is 2.10. The summed E-state index contributed by atoms with van der Waals surface area (Å²) in [5.41, 5.74) is 0.504. The summed E-state index contributed by atoms with van der Waals surface area (Å²) in [6.45, 7) is 8.16. The van der Waals surface area contributed by atoms with Crippen molar-refractivity contribution >= 4 is 5.82 Å². The van der Waals surface area contributed by atoms with Crippen molar-refractivity contribution < 1.29 is 5.11 Å². The Morgan fingerprint density at radius 2 is 2.12 bits per heavy atom. The van der Waals surface area contributed by atoms with Gasteiger partial charge < -0.3 is 10.4 Å². The van der Waals surface area contributed by atoms with Gasteiger partial charge in [-0.25, -0.2) is 4.98 Å². The Hall–Kier alpha value is -1.13. The number of anilines is 1. The van der Waals surface area contributed by atoms with Crippen LogP contribution in [0.25, 0.3) is 0 Å². The summed E-state index contributed by atoms with van der Waals surface area (Å²) in [5, 5.41) is 12.8. The topological polar surface area (TPSA) is 48.4 Å². The van der Waals surface area contributed by atoms with Crippen LogP contribution in [0.4, 0.5) is 5.82 Å². The van der Waals surface area contributed by atoms with Crippen molar-refractivity contribution in [2.45, 2.75) is 32.9 Å². The molecule has 1 aromatic heterocycles. The summed E-state index contributed by atoms with van der Waals surface area (Å²) >= 11 is 0. The lowest BCUT2D eigenvalue weighted by atomic mass is 10.1. The van der Waals surface area contributed by atoms with Crippen LogP contribution in [0.15, 0.2) is 18.3 Å². The van der Waals surface area contributed by atoms with E-state index in [-0.39, 0.29) is 0 Å². The zero-order valence-electron chi connectivity index (χ0n) is 11.2. The van der Waals surface area contributed by atoms with E-state index in [9.17, 15) is 5.11 Å². The van der Waals surface area contributed by atoms with Crippen LogP contribution >= 0.6 is 0 Å². The quantitative estimate of drug-likeness (QED) is 0.791. The minimum absolute atomic E-state index is 0.658. The SMILES string of the molecule is CCN(Cc1ccc(NC)nc1)CC(C)(C)O. The van der Waals surface area contributed by atoms with Crippen LogP contribution in [0.3, 0.4) is 0 Å². The standard InChI is InChI=1S/C13H23N3O/c1-5-16(10-13(2,3)17)9-11-6-7-12(14-4)15-8-11/h6-8,17H,5,9-10H2,1-4H3,(H,14,15). The van der Waals surface area contributed by atoms with Crippen molar-refractivity contribution in [2.75, 3.05) is 25.5 Å². The van der Waals surface area contributed by atoms with Gasteiger partial charge in [0.2, 0.25) is 0 Å². The van der Waals surface area contributed by atoms with Crippen molar-refractivity contribution in [1.29, 1.82) is 0 Å². The van der Waals surface area contributed by atoms with Gasteiger partial charge in [-0.15, -0.1) is 0 Å². The molecule has 0 atom stereocenters. The van der Waals surface area contributed by atoms with E-state index in [2.05, 4.69) is 28.2 Å². The lowest BCUT2D eigenvalue weighted by Crippen LogP contribution is -2.38. The van der Waals surface area contributed by atoms with Crippen molar-refractivity contribution in [3.05, 3.63) is 23.9 Å². The summed E-state index contributed by atoms with van der Waals surface area (Å²) in [6, 6.07) is 4.03. The van der Waals surface area contributed by atoms with E-state index in [4.69, 9.17) is 0 Å². The maximum Gasteiger partial charge on any atom is 0.125 e. The number of nitrogens with zero attached hydrogens (tertiary/aromatic N) is 2. The molecule has 0 spiro atoms. The van der Waals surface area contributed by atoms with Crippen LogP contribution in [0.5, 0.6) is 0 Å². The maximum atomic E-state index is 9.81. The normalized spacial score (nSPS) is 11.9. The molecule has 0 amide bonds. The molecule has 2 N–H and O–H groups in total. The number of aliphatic hydroxyl groups is 1. The van der Waals surface area contributed by atoms with E-state index in [1.54, 1.807) is 0 Å². The minimum atomic E-state index is -0.658. The van der Waals surface area contributed by atoms with Gasteiger partial charge in [0.15, 0.2) is 0 Å². The van der Waals surface area contributed by atoms with Crippen LogP contribution in [0, 0.1) is 0 Å². The molecule has 17 heavy (non-hydrogen) atoms. The molecule has 1 heterocycles. The molecule has 0 unspecified atom stereocenters. The maximum absolute atomic E-state index is 9.81. The molecule has 0 saturated heterocycles. The molecular weight excluding hydrogens is 214 g/mol. The lowest BCUT2D eigenvalue weighted by Gasteiger charge is -2.27. The van der Waals surface area contributed by atoms with Crippen molar-refractivity contribution in [2.24, 2.45) is 0 Å². The third-order valence-corrected chi connectivity index (χ3v) is 2.54. The Morgan fingerprint density at radius 1 is 1.41 bits per heavy atom. The van der Waals surface area contributed by atoms with Gasteiger partial charge in [-0.3, -0.25) is 4.90 Å². The summed E-state index contributed by atoms with van der Waals surface area (Å²) in [4.78, 5) is 6.49. The van der Waals surface area contributed by atoms with E-state index in [0.717, 1.165) is 24.5 Å². The molecule has 96 valence electrons. The Bertz CT molecular complexity index is 330. The summed E-state index contributed by atoms with van der Waals surface area (Å²) in [5.74, 6) is 0.874. The van der Waals surface area contributed by atoms with Crippen LogP contribution in [0.2, 0.25) is 0 Å². The number of likely N-dealkylation sites (N-methyl/N-ethyl adjacent to an activating group) is 1. The smallest absolute Gasteiger partial charge is 0.125 e. The third kappa shape index (κ3) is 5.15. The molecule has 1 rings (SSSR count). The number of aromatic nitrogens is 1. The summed E-state index contributed by atoms with van der Waals surface area (Å²) in [6.07, 6.45) is 1.87. The number of hydrogen-bond donors (Lipinski definition) is 2. The molecule has 1 aromatic rings. The van der Waals surface area contributed by atoms with Crippen molar-refractivity contribution in [3.63, 3.8) is 0 Å². The van der Waals surface area contributed by atoms with E-state index >= 15 is 0 Å². The fourth-order valence-corrected chi connectivity index (χ4v) is 1.75. The van der Waals surface area contributed by atoms with Gasteiger partial charge in [0, 0.05) is 26.3 Å². The molecule has 0 aliphatic carbocycles. The van der Waals surface area contributed by atoms with Gasteiger partial charge in [-0.05, 0) is 32.0 Å². The highest BCUT2D eigenvalue weighted by atomic mass is 16.3. The zero-order chi connectivity index (χ0) is 12.9. The summed E-state index contributed by atoms with van der Waals surface area (Å²) < 4.78 is 0. The Labute approximate surface area is 104 Å². The molecule has 0 aliphatic rings. The van der Waals surface area contributed by atoms with Gasteiger partial charge in [-0.1, -0.05) is 13.0 Å². The molecule has 0 bridgehead atoms. The van der Waals surface area contributed by atoms with Gasteiger partial charge >= 0.3 is 0 Å². The van der Waals surface area contributed by atoms with Crippen LogP contribution in [-0.2, 0) is 6.54 Å². The Kier molecular flexibility index (Phi) is 4.90. The number of nitrogens with one attached hydrogen (secondary N) is 1. The highest BCUT2D eigenvalue weighted by molar-refractivity contribution is 5.34. The second-order valence-electron chi connectivity index (χ2n) is 4.92. The average Bonchev–Trinajstić information content (AvgIpc) is 2.27. The van der Waals surface area contributed by atoms with Crippen LogP contribution in [-0.4, -0.2) is 40.7 Å². The second kappa shape index (κ2) is 5.98. The molecule has 4 heteroatoms. The predicted molar refractivity (Wildman–Crippen MR) is 71.0 cm³/mol. The van der Waals surface area contributed by atoms with Gasteiger partial charge in [0.25, 0.3) is 0 Å². The first-order chi connectivity index (χ1) is 7.94. The van der Waals surface area contributed by atoms with Crippen molar-refractivity contribution in [3.8, 4) is 0 Å². The zero-order valence-corrected chi connectivity index (χ0v) is 11.2. The predicted octanol–water partition coefficient (Wildman–Crippen LogP) is 1.72. The molecule has 4 nitrogen and oxygen atoms in total. The molecule has 0 aliphatic heterocycles. The molecule has 0 radical (unpaired) electrons. The van der Waals surface area contributed by atoms with E-state index < -0.39 is 5.60 Å². The lowest BCUT2D eigenvalue weighted by molar-refractivity contribution is 0.0353. The van der Waals surface area contributed by atoms with E-state index in [0.29, 0.717) is 6.54 Å².